The summed E-state index contributed by atoms with van der Waals surface area (Å²) in [5, 5.41) is 12.1. The Bertz CT molecular complexity index is 1540. The zero-order chi connectivity index (χ0) is 25.8. The molecule has 0 saturated heterocycles. The molecule has 7 heteroatoms. The van der Waals surface area contributed by atoms with Crippen LogP contribution in [0, 0.1) is 13.8 Å². The predicted octanol–water partition coefficient (Wildman–Crippen LogP) is 4.90. The summed E-state index contributed by atoms with van der Waals surface area (Å²) >= 11 is 0. The van der Waals surface area contributed by atoms with Crippen LogP contribution in [0.1, 0.15) is 32.9 Å². The number of nitrogens with zero attached hydrogens (tertiary/aromatic N) is 4. The van der Waals surface area contributed by atoms with Crippen LogP contribution in [-0.4, -0.2) is 31.3 Å². The number of hydrogen-bond donors (Lipinski definition) is 1. The molecular weight excluding hydrogens is 462 g/mol. The van der Waals surface area contributed by atoms with Gasteiger partial charge < -0.3 is 5.32 Å². The number of amides is 1. The Kier molecular flexibility index (Phi) is 6.76. The molecule has 0 aliphatic heterocycles. The molecule has 0 radical (unpaired) electrons. The maximum atomic E-state index is 13.2. The molecule has 2 aromatic heterocycles. The van der Waals surface area contributed by atoms with E-state index in [-0.39, 0.29) is 6.54 Å². The molecule has 37 heavy (non-hydrogen) atoms. The van der Waals surface area contributed by atoms with Gasteiger partial charge in [0.25, 0.3) is 11.7 Å². The SMILES string of the molecule is Cc1nn(-c2ccccc2)c(C)c1C(=O)C(=O)NCc1cn(Cc2ccccc2)nc1-c1ccccc1. The van der Waals surface area contributed by atoms with Crippen LogP contribution >= 0.6 is 0 Å². The monoisotopic (exact) mass is 489 g/mol. The first-order valence-corrected chi connectivity index (χ1v) is 12.1. The third-order valence-corrected chi connectivity index (χ3v) is 6.24. The highest BCUT2D eigenvalue weighted by molar-refractivity contribution is 6.43. The van der Waals surface area contributed by atoms with Gasteiger partial charge in [0.05, 0.1) is 34.9 Å². The second-order valence-electron chi connectivity index (χ2n) is 8.86. The van der Waals surface area contributed by atoms with Gasteiger partial charge >= 0.3 is 0 Å². The highest BCUT2D eigenvalue weighted by Crippen LogP contribution is 2.23. The van der Waals surface area contributed by atoms with Crippen molar-refractivity contribution in [3.63, 3.8) is 0 Å². The Labute approximate surface area is 215 Å². The van der Waals surface area contributed by atoms with Crippen molar-refractivity contribution in [2.75, 3.05) is 0 Å². The number of Topliss-reactive ketones (excluding diaryl/α,β-unsaturated/α-hetero) is 1. The number of carbonyl (C=O) groups is 2. The van der Waals surface area contributed by atoms with E-state index in [2.05, 4.69) is 10.4 Å². The van der Waals surface area contributed by atoms with Crippen molar-refractivity contribution in [1.82, 2.24) is 24.9 Å². The van der Waals surface area contributed by atoms with Gasteiger partial charge in [-0.3, -0.25) is 14.3 Å². The molecule has 3 aromatic carbocycles. The van der Waals surface area contributed by atoms with E-state index in [0.29, 0.717) is 23.5 Å². The number of aryl methyl sites for hydroxylation is 1. The van der Waals surface area contributed by atoms with E-state index in [4.69, 9.17) is 5.10 Å². The molecule has 0 fully saturated rings. The second-order valence-corrected chi connectivity index (χ2v) is 8.86. The molecule has 1 amide bonds. The molecular formula is C30H27N5O2. The molecule has 5 rings (SSSR count). The van der Waals surface area contributed by atoms with Crippen molar-refractivity contribution in [3.8, 4) is 16.9 Å². The Morgan fingerprint density at radius 1 is 0.811 bits per heavy atom. The number of ketones is 1. The number of carbonyl (C=O) groups excluding carboxylic acids is 2. The van der Waals surface area contributed by atoms with Crippen molar-refractivity contribution in [2.24, 2.45) is 0 Å². The third kappa shape index (κ3) is 5.11. The van der Waals surface area contributed by atoms with Crippen molar-refractivity contribution < 1.29 is 9.59 Å². The summed E-state index contributed by atoms with van der Waals surface area (Å²) in [6.45, 7) is 4.32. The lowest BCUT2D eigenvalue weighted by Crippen LogP contribution is -2.31. The molecule has 184 valence electrons. The Morgan fingerprint density at radius 3 is 2.11 bits per heavy atom. The van der Waals surface area contributed by atoms with Gasteiger partial charge in [-0.05, 0) is 31.5 Å². The molecule has 0 atom stereocenters. The zero-order valence-corrected chi connectivity index (χ0v) is 20.8. The maximum absolute atomic E-state index is 13.2. The van der Waals surface area contributed by atoms with E-state index in [1.54, 1.807) is 18.5 Å². The third-order valence-electron chi connectivity index (χ3n) is 6.24. The minimum absolute atomic E-state index is 0.175. The van der Waals surface area contributed by atoms with Crippen LogP contribution in [0.4, 0.5) is 0 Å². The summed E-state index contributed by atoms with van der Waals surface area (Å²) in [6, 6.07) is 29.4. The number of aromatic nitrogens is 4. The summed E-state index contributed by atoms with van der Waals surface area (Å²) < 4.78 is 3.55. The number of hydrogen-bond acceptors (Lipinski definition) is 4. The quantitative estimate of drug-likeness (QED) is 0.248. The summed E-state index contributed by atoms with van der Waals surface area (Å²) in [5.41, 5.74) is 5.97. The molecule has 0 aliphatic rings. The van der Waals surface area contributed by atoms with Gasteiger partial charge in [-0.15, -0.1) is 0 Å². The molecule has 5 aromatic rings. The van der Waals surface area contributed by atoms with Gasteiger partial charge in [0.1, 0.15) is 0 Å². The summed E-state index contributed by atoms with van der Waals surface area (Å²) in [5.74, 6) is -1.27. The zero-order valence-electron chi connectivity index (χ0n) is 20.8. The standard InChI is InChI=1S/C30H27N5O2/c1-21-27(22(2)35(32-21)26-16-10-5-11-17-26)29(36)30(37)31-18-25-20-34(19-23-12-6-3-7-13-23)33-28(25)24-14-8-4-9-15-24/h3-17,20H,18-19H2,1-2H3,(H,31,37). The number of benzene rings is 3. The fourth-order valence-corrected chi connectivity index (χ4v) is 4.44. The van der Waals surface area contributed by atoms with Crippen molar-refractivity contribution in [2.45, 2.75) is 26.9 Å². The first-order chi connectivity index (χ1) is 18.0. The highest BCUT2D eigenvalue weighted by Gasteiger charge is 2.25. The average molecular weight is 490 g/mol. The van der Waals surface area contributed by atoms with Gasteiger partial charge in [-0.2, -0.15) is 10.2 Å². The van der Waals surface area contributed by atoms with Gasteiger partial charge in [0.15, 0.2) is 0 Å². The van der Waals surface area contributed by atoms with Crippen LogP contribution in [0.25, 0.3) is 16.9 Å². The van der Waals surface area contributed by atoms with E-state index in [1.807, 2.05) is 102 Å². The lowest BCUT2D eigenvalue weighted by Gasteiger charge is -2.07. The van der Waals surface area contributed by atoms with Gasteiger partial charge in [0.2, 0.25) is 0 Å². The van der Waals surface area contributed by atoms with E-state index in [9.17, 15) is 9.59 Å². The molecule has 0 bridgehead atoms. The van der Waals surface area contributed by atoms with Crippen LogP contribution in [0.15, 0.2) is 97.2 Å². The minimum Gasteiger partial charge on any atom is -0.345 e. The van der Waals surface area contributed by atoms with Crippen molar-refractivity contribution in [3.05, 3.63) is 125 Å². The first-order valence-electron chi connectivity index (χ1n) is 12.1. The predicted molar refractivity (Wildman–Crippen MR) is 142 cm³/mol. The van der Waals surface area contributed by atoms with Crippen LogP contribution < -0.4 is 5.32 Å². The van der Waals surface area contributed by atoms with Gasteiger partial charge in [-0.25, -0.2) is 4.68 Å². The molecule has 1 N–H and O–H groups in total. The minimum atomic E-state index is -0.673. The van der Waals surface area contributed by atoms with Gasteiger partial charge in [-0.1, -0.05) is 78.9 Å². The normalized spacial score (nSPS) is 10.9. The van der Waals surface area contributed by atoms with Crippen LogP contribution in [0.2, 0.25) is 0 Å². The average Bonchev–Trinajstić information content (AvgIpc) is 3.47. The van der Waals surface area contributed by atoms with Crippen LogP contribution in [0.5, 0.6) is 0 Å². The lowest BCUT2D eigenvalue weighted by molar-refractivity contribution is -0.117. The lowest BCUT2D eigenvalue weighted by atomic mass is 10.1. The topological polar surface area (TPSA) is 81.8 Å². The first kappa shape index (κ1) is 23.9. The van der Waals surface area contributed by atoms with Crippen molar-refractivity contribution in [1.29, 1.82) is 0 Å². The molecule has 0 saturated carbocycles. The smallest absolute Gasteiger partial charge is 0.292 e. The largest absolute Gasteiger partial charge is 0.345 e. The fraction of sp³-hybridized carbons (Fsp3) is 0.133. The number of rotatable bonds is 8. The molecule has 2 heterocycles. The van der Waals surface area contributed by atoms with Crippen LogP contribution in [-0.2, 0) is 17.9 Å². The highest BCUT2D eigenvalue weighted by atomic mass is 16.2. The Balaban J connectivity index is 1.37. The Morgan fingerprint density at radius 2 is 1.43 bits per heavy atom. The van der Waals surface area contributed by atoms with E-state index in [1.165, 1.54) is 0 Å². The Hall–Kier alpha value is -4.78. The number of para-hydroxylation sites is 1. The fourth-order valence-electron chi connectivity index (χ4n) is 4.44. The van der Waals surface area contributed by atoms with Crippen molar-refractivity contribution >= 4 is 11.7 Å². The molecule has 7 nitrogen and oxygen atoms in total. The van der Waals surface area contributed by atoms with Crippen LogP contribution in [0.3, 0.4) is 0 Å². The van der Waals surface area contributed by atoms with E-state index < -0.39 is 11.7 Å². The summed E-state index contributed by atoms with van der Waals surface area (Å²) in [4.78, 5) is 26.2. The van der Waals surface area contributed by atoms with Gasteiger partial charge in [0, 0.05) is 23.9 Å². The summed E-state index contributed by atoms with van der Waals surface area (Å²) in [7, 11) is 0. The summed E-state index contributed by atoms with van der Waals surface area (Å²) in [6.07, 6.45) is 1.92. The van der Waals surface area contributed by atoms with E-state index in [0.717, 1.165) is 28.1 Å². The van der Waals surface area contributed by atoms with E-state index >= 15 is 0 Å². The maximum Gasteiger partial charge on any atom is 0.292 e. The molecule has 0 unspecified atom stereocenters. The second kappa shape index (κ2) is 10.5. The molecule has 0 aliphatic carbocycles. The number of nitrogens with one attached hydrogen (secondary N) is 1. The molecule has 0 spiro atoms.